The molecular formula is C6H10K2O8. The summed E-state index contributed by atoms with van der Waals surface area (Å²) in [4.78, 5) is 20.2. The summed E-state index contributed by atoms with van der Waals surface area (Å²) in [5.74, 6) is -3.68. The zero-order valence-electron chi connectivity index (χ0n) is 8.81. The average Bonchev–Trinajstić information content (AvgIpc) is 2.12. The van der Waals surface area contributed by atoms with Crippen LogP contribution in [0.5, 0.6) is 0 Å². The van der Waals surface area contributed by atoms with Crippen LogP contribution in [0.3, 0.4) is 0 Å². The van der Waals surface area contributed by atoms with Crippen LogP contribution in [0.25, 0.3) is 0 Å². The number of carboxylic acids is 2. The maximum Gasteiger partial charge on any atom is 0.335 e. The SMILES string of the molecule is O=C(O)[C@@H](O)[C@@H](O)[C@H](O)[C@@H](O)C(=O)O.[K].[K]. The van der Waals surface area contributed by atoms with Crippen LogP contribution in [0.1, 0.15) is 0 Å². The molecule has 0 bridgehead atoms. The molecule has 0 aliphatic rings. The Morgan fingerprint density at radius 3 is 1.00 bits per heavy atom. The molecule has 84 valence electrons. The topological polar surface area (TPSA) is 156 Å². The third kappa shape index (κ3) is 7.48. The van der Waals surface area contributed by atoms with Crippen molar-refractivity contribution in [3.63, 3.8) is 0 Å². The zero-order chi connectivity index (χ0) is 11.5. The fourth-order valence-electron chi connectivity index (χ4n) is 0.666. The van der Waals surface area contributed by atoms with Gasteiger partial charge >= 0.3 is 11.9 Å². The molecule has 0 aliphatic carbocycles. The van der Waals surface area contributed by atoms with Gasteiger partial charge in [0.25, 0.3) is 0 Å². The van der Waals surface area contributed by atoms with Gasteiger partial charge in [0.15, 0.2) is 12.2 Å². The van der Waals surface area contributed by atoms with E-state index in [0.717, 1.165) is 0 Å². The first-order valence-electron chi connectivity index (χ1n) is 3.47. The van der Waals surface area contributed by atoms with E-state index >= 15 is 0 Å². The van der Waals surface area contributed by atoms with E-state index in [1.54, 1.807) is 0 Å². The van der Waals surface area contributed by atoms with E-state index in [1.165, 1.54) is 0 Å². The van der Waals surface area contributed by atoms with Crippen molar-refractivity contribution in [1.29, 1.82) is 0 Å². The van der Waals surface area contributed by atoms with Gasteiger partial charge in [-0.15, -0.1) is 0 Å². The van der Waals surface area contributed by atoms with Crippen LogP contribution in [-0.2, 0) is 9.59 Å². The molecule has 16 heavy (non-hydrogen) atoms. The molecule has 2 radical (unpaired) electrons. The van der Waals surface area contributed by atoms with Gasteiger partial charge in [-0.1, -0.05) is 0 Å². The molecule has 4 atom stereocenters. The van der Waals surface area contributed by atoms with E-state index in [9.17, 15) is 9.59 Å². The van der Waals surface area contributed by atoms with Gasteiger partial charge in [-0.05, 0) is 0 Å². The van der Waals surface area contributed by atoms with Gasteiger partial charge < -0.3 is 30.6 Å². The molecule has 0 aliphatic heterocycles. The van der Waals surface area contributed by atoms with Crippen molar-refractivity contribution in [2.24, 2.45) is 0 Å². The molecule has 0 fully saturated rings. The number of hydrogen-bond acceptors (Lipinski definition) is 6. The number of aliphatic carboxylic acids is 2. The Morgan fingerprint density at radius 1 is 0.688 bits per heavy atom. The first-order valence-corrected chi connectivity index (χ1v) is 3.47. The molecule has 0 spiro atoms. The van der Waals surface area contributed by atoms with Crippen LogP contribution < -0.4 is 0 Å². The first-order chi connectivity index (χ1) is 6.29. The molecule has 6 N–H and O–H groups in total. The zero-order valence-corrected chi connectivity index (χ0v) is 15.1. The maximum atomic E-state index is 10.1. The number of rotatable bonds is 5. The fraction of sp³-hybridized carbons (Fsp3) is 0.667. The molecule has 8 nitrogen and oxygen atoms in total. The summed E-state index contributed by atoms with van der Waals surface area (Å²) in [6.07, 6.45) is -9.28. The fourth-order valence-corrected chi connectivity index (χ4v) is 0.666. The van der Waals surface area contributed by atoms with Crippen molar-refractivity contribution in [1.82, 2.24) is 0 Å². The third-order valence-corrected chi connectivity index (χ3v) is 1.50. The van der Waals surface area contributed by atoms with Gasteiger partial charge in [0, 0.05) is 103 Å². The van der Waals surface area contributed by atoms with E-state index < -0.39 is 36.4 Å². The van der Waals surface area contributed by atoms with E-state index in [2.05, 4.69) is 0 Å². The van der Waals surface area contributed by atoms with Gasteiger partial charge in [0.2, 0.25) is 0 Å². The van der Waals surface area contributed by atoms with Crippen LogP contribution >= 0.6 is 0 Å². The summed E-state index contributed by atoms with van der Waals surface area (Å²) < 4.78 is 0. The Bertz CT molecular complexity index is 211. The molecule has 0 heterocycles. The van der Waals surface area contributed by atoms with E-state index in [-0.39, 0.29) is 103 Å². The van der Waals surface area contributed by atoms with Crippen molar-refractivity contribution >= 4 is 115 Å². The molecule has 0 unspecified atom stereocenters. The van der Waals surface area contributed by atoms with Crippen molar-refractivity contribution in [3.8, 4) is 0 Å². The number of carbonyl (C=O) groups is 2. The van der Waals surface area contributed by atoms with E-state index in [4.69, 9.17) is 30.6 Å². The van der Waals surface area contributed by atoms with Crippen LogP contribution in [0.2, 0.25) is 0 Å². The first kappa shape index (κ1) is 23.2. The molecule has 0 saturated carbocycles. The molecule has 0 amide bonds. The van der Waals surface area contributed by atoms with Crippen molar-refractivity contribution in [2.75, 3.05) is 0 Å². The second-order valence-electron chi connectivity index (χ2n) is 2.55. The Kier molecular flexibility index (Phi) is 15.8. The summed E-state index contributed by atoms with van der Waals surface area (Å²) in [5, 5.41) is 51.5. The Balaban J connectivity index is -0.000000845. The smallest absolute Gasteiger partial charge is 0.335 e. The van der Waals surface area contributed by atoms with Crippen LogP contribution in [0, 0.1) is 0 Å². The van der Waals surface area contributed by atoms with E-state index in [1.807, 2.05) is 0 Å². The molecule has 0 saturated heterocycles. The van der Waals surface area contributed by atoms with Gasteiger partial charge in [0.05, 0.1) is 0 Å². The minimum absolute atomic E-state index is 0. The summed E-state index contributed by atoms with van der Waals surface area (Å²) in [5.41, 5.74) is 0. The third-order valence-electron chi connectivity index (χ3n) is 1.50. The Morgan fingerprint density at radius 2 is 0.875 bits per heavy atom. The van der Waals surface area contributed by atoms with Crippen LogP contribution in [-0.4, -0.2) is 170 Å². The molecule has 10 heteroatoms. The number of aliphatic hydroxyl groups excluding tert-OH is 4. The van der Waals surface area contributed by atoms with E-state index in [0.29, 0.717) is 0 Å². The number of aliphatic hydroxyl groups is 4. The maximum absolute atomic E-state index is 10.1. The normalized spacial score (nSPS) is 17.0. The molecule has 0 aromatic heterocycles. The quantitative estimate of drug-likeness (QED) is 0.278. The van der Waals surface area contributed by atoms with Crippen LogP contribution in [0.15, 0.2) is 0 Å². The van der Waals surface area contributed by atoms with Gasteiger partial charge in [-0.2, -0.15) is 0 Å². The minimum atomic E-state index is -2.36. The van der Waals surface area contributed by atoms with Crippen molar-refractivity contribution in [2.45, 2.75) is 24.4 Å². The molecule has 0 aromatic rings. The molecule has 0 rings (SSSR count). The van der Waals surface area contributed by atoms with Crippen molar-refractivity contribution < 1.29 is 40.2 Å². The average molecular weight is 288 g/mol. The number of hydrogen-bond donors (Lipinski definition) is 6. The minimum Gasteiger partial charge on any atom is -0.479 e. The summed E-state index contributed by atoms with van der Waals surface area (Å²) >= 11 is 0. The Labute approximate surface area is 175 Å². The molecule has 0 aromatic carbocycles. The summed E-state index contributed by atoms with van der Waals surface area (Å²) in [6, 6.07) is 0. The van der Waals surface area contributed by atoms with Crippen molar-refractivity contribution in [3.05, 3.63) is 0 Å². The summed E-state index contributed by atoms with van der Waals surface area (Å²) in [7, 11) is 0. The van der Waals surface area contributed by atoms with Gasteiger partial charge in [0.1, 0.15) is 12.2 Å². The predicted molar refractivity (Wildman–Crippen MR) is 50.8 cm³/mol. The summed E-state index contributed by atoms with van der Waals surface area (Å²) in [6.45, 7) is 0. The van der Waals surface area contributed by atoms with Gasteiger partial charge in [-0.25, -0.2) is 9.59 Å². The molecular weight excluding hydrogens is 278 g/mol. The standard InChI is InChI=1S/C6H10O8.2K/c7-1(3(9)5(11)12)2(8)4(10)6(13)14;;/h1-4,7-10H,(H,11,12)(H,13,14);;/t1-,2-,3-,4+;;/m0../s1. The van der Waals surface area contributed by atoms with Crippen LogP contribution in [0.4, 0.5) is 0 Å². The second kappa shape index (κ2) is 10.9. The van der Waals surface area contributed by atoms with Gasteiger partial charge in [-0.3, -0.25) is 0 Å². The number of carboxylic acid groups (broad SMARTS) is 2. The largest absolute Gasteiger partial charge is 0.479 e. The second-order valence-corrected chi connectivity index (χ2v) is 2.55. The monoisotopic (exact) mass is 288 g/mol. The predicted octanol–water partition coefficient (Wildman–Crippen LogP) is -4.16. The Hall–Kier alpha value is 2.05.